The Morgan fingerprint density at radius 3 is 2.55 bits per heavy atom. The molecular formula is C26H37N3O4. The summed E-state index contributed by atoms with van der Waals surface area (Å²) in [7, 11) is 1.59. The number of morpholine rings is 1. The second kappa shape index (κ2) is 9.09. The molecule has 1 saturated heterocycles. The van der Waals surface area contributed by atoms with Crippen LogP contribution >= 0.6 is 0 Å². The molecule has 3 aliphatic rings. The average molecular weight is 456 g/mol. The average Bonchev–Trinajstić information content (AvgIpc) is 3.10. The summed E-state index contributed by atoms with van der Waals surface area (Å²) in [5.41, 5.74) is 2.53. The van der Waals surface area contributed by atoms with Crippen LogP contribution in [0.2, 0.25) is 0 Å². The topological polar surface area (TPSA) is 72.7 Å². The van der Waals surface area contributed by atoms with E-state index in [1.54, 1.807) is 18.2 Å². The summed E-state index contributed by atoms with van der Waals surface area (Å²) in [6, 6.07) is 5.57. The van der Waals surface area contributed by atoms with Crippen LogP contribution in [0.3, 0.4) is 0 Å². The van der Waals surface area contributed by atoms with Crippen LogP contribution in [0.25, 0.3) is 0 Å². The Morgan fingerprint density at radius 2 is 1.94 bits per heavy atom. The summed E-state index contributed by atoms with van der Waals surface area (Å²) < 4.78 is 17.0. The molecule has 4 rings (SSSR count). The summed E-state index contributed by atoms with van der Waals surface area (Å²) in [6.07, 6.45) is 5.34. The largest absolute Gasteiger partial charge is 0.493 e. The van der Waals surface area contributed by atoms with Crippen molar-refractivity contribution in [1.29, 1.82) is 0 Å². The molecule has 0 spiro atoms. The Morgan fingerprint density at radius 1 is 1.21 bits per heavy atom. The third kappa shape index (κ3) is 4.52. The molecule has 0 radical (unpaired) electrons. The second-order valence-electron chi connectivity index (χ2n) is 10.5. The normalized spacial score (nSPS) is 32.0. The Labute approximate surface area is 197 Å². The first-order chi connectivity index (χ1) is 15.6. The van der Waals surface area contributed by atoms with Crippen molar-refractivity contribution in [3.63, 3.8) is 0 Å². The van der Waals surface area contributed by atoms with Gasteiger partial charge in [0.2, 0.25) is 0 Å². The van der Waals surface area contributed by atoms with Gasteiger partial charge in [-0.3, -0.25) is 4.79 Å². The monoisotopic (exact) mass is 455 g/mol. The summed E-state index contributed by atoms with van der Waals surface area (Å²) in [6.45, 7) is 12.1. The van der Waals surface area contributed by atoms with Gasteiger partial charge in [0.05, 0.1) is 25.5 Å². The smallest absolute Gasteiger partial charge is 0.260 e. The zero-order valence-corrected chi connectivity index (χ0v) is 20.8. The van der Waals surface area contributed by atoms with Gasteiger partial charge in [-0.05, 0) is 68.2 Å². The summed E-state index contributed by atoms with van der Waals surface area (Å²) in [5, 5.41) is 9.03. The highest BCUT2D eigenvalue weighted by Crippen LogP contribution is 2.64. The van der Waals surface area contributed by atoms with Gasteiger partial charge in [0.25, 0.3) is 5.91 Å². The van der Waals surface area contributed by atoms with E-state index < -0.39 is 0 Å². The van der Waals surface area contributed by atoms with Crippen molar-refractivity contribution < 1.29 is 19.0 Å². The van der Waals surface area contributed by atoms with Crippen LogP contribution in [0, 0.1) is 16.7 Å². The standard InChI is InChI=1S/C26H37N3O4/c1-17-14-29(15-18(2)33-17)24(30)16-32-21-8-7-19(11-22(21)31-6)13-27-28-23-12-20-9-10-26(23,5)25(20,3)4/h7-8,11,13,17-18,20H,9-10,12,14-16H2,1-6H3/b27-13-,28-23+/t17-,18-,20+,26+/m0/s1. The minimum atomic E-state index is -0.0530. The minimum absolute atomic E-state index is 0.0300. The molecule has 2 bridgehead atoms. The van der Waals surface area contributed by atoms with Crippen LogP contribution in [0.4, 0.5) is 0 Å². The molecule has 7 heteroatoms. The van der Waals surface area contributed by atoms with Crippen LogP contribution in [0.1, 0.15) is 59.4 Å². The lowest BCUT2D eigenvalue weighted by Crippen LogP contribution is -2.49. The zero-order valence-electron chi connectivity index (χ0n) is 20.8. The van der Waals surface area contributed by atoms with Crippen molar-refractivity contribution in [3.8, 4) is 11.5 Å². The molecule has 1 aromatic rings. The second-order valence-corrected chi connectivity index (χ2v) is 10.5. The van der Waals surface area contributed by atoms with E-state index in [0.29, 0.717) is 30.5 Å². The molecule has 1 heterocycles. The number of amides is 1. The highest BCUT2D eigenvalue weighted by molar-refractivity contribution is 5.94. The molecule has 1 aliphatic heterocycles. The number of methoxy groups -OCH3 is 1. The lowest BCUT2D eigenvalue weighted by molar-refractivity contribution is -0.145. The molecule has 1 amide bonds. The minimum Gasteiger partial charge on any atom is -0.493 e. The summed E-state index contributed by atoms with van der Waals surface area (Å²) >= 11 is 0. The number of carbonyl (C=O) groups excluding carboxylic acids is 1. The molecule has 4 atom stereocenters. The predicted octanol–water partition coefficient (Wildman–Crippen LogP) is 4.33. The van der Waals surface area contributed by atoms with Crippen molar-refractivity contribution in [2.75, 3.05) is 26.8 Å². The number of benzene rings is 1. The number of ether oxygens (including phenoxy) is 3. The third-order valence-corrected chi connectivity index (χ3v) is 8.21. The first-order valence-electron chi connectivity index (χ1n) is 12.0. The summed E-state index contributed by atoms with van der Waals surface area (Å²) in [4.78, 5) is 14.4. The molecule has 2 aliphatic carbocycles. The van der Waals surface area contributed by atoms with Crippen molar-refractivity contribution in [2.45, 2.75) is 66.1 Å². The molecular weight excluding hydrogens is 418 g/mol. The van der Waals surface area contributed by atoms with Gasteiger partial charge in [-0.2, -0.15) is 10.2 Å². The van der Waals surface area contributed by atoms with E-state index in [2.05, 4.69) is 31.0 Å². The van der Waals surface area contributed by atoms with Crippen LogP contribution in [0.5, 0.6) is 11.5 Å². The van der Waals surface area contributed by atoms with E-state index in [0.717, 1.165) is 12.0 Å². The fourth-order valence-corrected chi connectivity index (χ4v) is 5.74. The first kappa shape index (κ1) is 23.7. The molecule has 180 valence electrons. The van der Waals surface area contributed by atoms with Crippen molar-refractivity contribution in [3.05, 3.63) is 23.8 Å². The molecule has 1 aromatic carbocycles. The summed E-state index contributed by atoms with van der Waals surface area (Å²) in [5.74, 6) is 1.75. The van der Waals surface area contributed by atoms with Crippen molar-refractivity contribution in [2.24, 2.45) is 27.0 Å². The van der Waals surface area contributed by atoms with Crippen molar-refractivity contribution >= 4 is 17.8 Å². The van der Waals surface area contributed by atoms with Gasteiger partial charge in [-0.1, -0.05) is 20.8 Å². The van der Waals surface area contributed by atoms with Gasteiger partial charge in [-0.15, -0.1) is 0 Å². The first-order valence-corrected chi connectivity index (χ1v) is 12.0. The molecule has 7 nitrogen and oxygen atoms in total. The van der Waals surface area contributed by atoms with E-state index in [-0.39, 0.29) is 35.6 Å². The fourth-order valence-electron chi connectivity index (χ4n) is 5.74. The fraction of sp³-hybridized carbons (Fsp3) is 0.654. The number of fused-ring (bicyclic) bond motifs is 2. The quantitative estimate of drug-likeness (QED) is 0.473. The van der Waals surface area contributed by atoms with Gasteiger partial charge in [0.15, 0.2) is 18.1 Å². The molecule has 0 aromatic heterocycles. The van der Waals surface area contributed by atoms with Crippen LogP contribution in [-0.4, -0.2) is 61.7 Å². The zero-order chi connectivity index (χ0) is 23.8. The Balaban J connectivity index is 1.39. The lowest BCUT2D eigenvalue weighted by atomic mass is 9.70. The lowest BCUT2D eigenvalue weighted by Gasteiger charge is -2.35. The van der Waals surface area contributed by atoms with Crippen LogP contribution in [-0.2, 0) is 9.53 Å². The Kier molecular flexibility index (Phi) is 6.54. The molecule has 0 N–H and O–H groups in total. The van der Waals surface area contributed by atoms with E-state index in [1.165, 1.54) is 18.6 Å². The maximum atomic E-state index is 12.6. The van der Waals surface area contributed by atoms with Gasteiger partial charge in [0, 0.05) is 24.2 Å². The van der Waals surface area contributed by atoms with E-state index >= 15 is 0 Å². The maximum absolute atomic E-state index is 12.6. The molecule has 33 heavy (non-hydrogen) atoms. The SMILES string of the molecule is COc1cc(/C=N\N=C2/C[C@H]3CC[C@@]2(C)C3(C)C)ccc1OCC(=O)N1C[C@H](C)O[C@@H](C)C1. The maximum Gasteiger partial charge on any atom is 0.260 e. The van der Waals surface area contributed by atoms with E-state index in [1.807, 2.05) is 32.0 Å². The van der Waals surface area contributed by atoms with Crippen LogP contribution in [0.15, 0.2) is 28.4 Å². The Hall–Kier alpha value is -2.41. The van der Waals surface area contributed by atoms with E-state index in [4.69, 9.17) is 14.2 Å². The van der Waals surface area contributed by atoms with Gasteiger partial charge >= 0.3 is 0 Å². The molecule has 0 unspecified atom stereocenters. The molecule has 3 fully saturated rings. The number of hydrogen-bond donors (Lipinski definition) is 0. The molecule has 2 saturated carbocycles. The van der Waals surface area contributed by atoms with Gasteiger partial charge in [-0.25, -0.2) is 0 Å². The third-order valence-electron chi connectivity index (χ3n) is 8.21. The van der Waals surface area contributed by atoms with Crippen molar-refractivity contribution in [1.82, 2.24) is 4.90 Å². The van der Waals surface area contributed by atoms with Crippen LogP contribution < -0.4 is 9.47 Å². The predicted molar refractivity (Wildman–Crippen MR) is 129 cm³/mol. The number of hydrogen-bond acceptors (Lipinski definition) is 6. The number of carbonyl (C=O) groups is 1. The number of rotatable bonds is 6. The van der Waals surface area contributed by atoms with Gasteiger partial charge < -0.3 is 19.1 Å². The highest BCUT2D eigenvalue weighted by atomic mass is 16.5. The highest BCUT2D eigenvalue weighted by Gasteiger charge is 2.60. The van der Waals surface area contributed by atoms with E-state index in [9.17, 15) is 4.79 Å². The van der Waals surface area contributed by atoms with Gasteiger partial charge in [0.1, 0.15) is 0 Å². The Bertz CT molecular complexity index is 947. The number of nitrogens with zero attached hydrogens (tertiary/aromatic N) is 3.